The summed E-state index contributed by atoms with van der Waals surface area (Å²) >= 11 is 2.17. The number of esters is 2. The number of amides is 1. The van der Waals surface area contributed by atoms with Gasteiger partial charge in [-0.2, -0.15) is 0 Å². The van der Waals surface area contributed by atoms with E-state index in [4.69, 9.17) is 14.2 Å². The Morgan fingerprint density at radius 1 is 1.12 bits per heavy atom. The van der Waals surface area contributed by atoms with Gasteiger partial charge in [-0.3, -0.25) is 4.79 Å². The molecule has 34 heavy (non-hydrogen) atoms. The van der Waals surface area contributed by atoms with Gasteiger partial charge in [0.2, 0.25) is 5.91 Å². The van der Waals surface area contributed by atoms with Gasteiger partial charge in [-0.05, 0) is 31.5 Å². The number of anilines is 1. The number of rotatable bonds is 9. The van der Waals surface area contributed by atoms with Gasteiger partial charge in [-0.15, -0.1) is 21.5 Å². The van der Waals surface area contributed by atoms with Crippen LogP contribution in [0.15, 0.2) is 29.4 Å². The molecule has 0 saturated carbocycles. The molecule has 2 aromatic heterocycles. The Hall–Kier alpha value is -3.38. The number of carbonyl (C=O) groups excluding carboxylic acids is 3. The first-order valence-corrected chi connectivity index (χ1v) is 11.9. The predicted molar refractivity (Wildman–Crippen MR) is 129 cm³/mol. The molecule has 0 radical (unpaired) electrons. The lowest BCUT2D eigenvalue weighted by molar-refractivity contribution is -0.113. The van der Waals surface area contributed by atoms with E-state index in [1.165, 1.54) is 26.0 Å². The molecule has 1 aromatic carbocycles. The Morgan fingerprint density at radius 2 is 1.85 bits per heavy atom. The quantitative estimate of drug-likeness (QED) is 0.344. The zero-order chi connectivity index (χ0) is 24.8. The maximum Gasteiger partial charge on any atom is 0.348 e. The maximum absolute atomic E-state index is 12.7. The van der Waals surface area contributed by atoms with Gasteiger partial charge in [0.1, 0.15) is 15.6 Å². The van der Waals surface area contributed by atoms with Crippen LogP contribution in [0.2, 0.25) is 0 Å². The van der Waals surface area contributed by atoms with Crippen LogP contribution in [0.1, 0.15) is 32.5 Å². The average Bonchev–Trinajstić information content (AvgIpc) is 3.42. The second-order valence-electron chi connectivity index (χ2n) is 6.86. The van der Waals surface area contributed by atoms with Crippen molar-refractivity contribution in [1.29, 1.82) is 0 Å². The van der Waals surface area contributed by atoms with Gasteiger partial charge < -0.3 is 24.1 Å². The number of thiophene rings is 1. The van der Waals surface area contributed by atoms with E-state index >= 15 is 0 Å². The summed E-state index contributed by atoms with van der Waals surface area (Å²) in [6.07, 6.45) is 0. The highest BCUT2D eigenvalue weighted by molar-refractivity contribution is 7.99. The highest BCUT2D eigenvalue weighted by Gasteiger charge is 2.27. The van der Waals surface area contributed by atoms with Gasteiger partial charge in [-0.25, -0.2) is 9.59 Å². The average molecular weight is 505 g/mol. The van der Waals surface area contributed by atoms with Crippen molar-refractivity contribution in [3.63, 3.8) is 0 Å². The molecule has 2 heterocycles. The first-order valence-electron chi connectivity index (χ1n) is 10.1. The number of hydrogen-bond donors (Lipinski definition) is 1. The normalized spacial score (nSPS) is 10.6. The zero-order valence-corrected chi connectivity index (χ0v) is 21.0. The lowest BCUT2D eigenvalue weighted by Gasteiger charge is -2.09. The molecule has 180 valence electrons. The standard InChI is InChI=1S/C22H24N4O6S2/c1-6-26-18(13-8-7-9-14(10-13)30-3)24-25-22(26)33-11-15(27)23-19-16(20(28)31-4)12(2)17(34-19)21(29)32-5/h7-10H,6,11H2,1-5H3,(H,23,27). The van der Waals surface area contributed by atoms with E-state index < -0.39 is 11.9 Å². The molecule has 1 amide bonds. The highest BCUT2D eigenvalue weighted by atomic mass is 32.2. The molecule has 0 aliphatic carbocycles. The molecular formula is C22H24N4O6S2. The number of ether oxygens (including phenoxy) is 3. The number of nitrogens with one attached hydrogen (secondary N) is 1. The second-order valence-corrected chi connectivity index (χ2v) is 8.83. The second kappa shape index (κ2) is 11.2. The fourth-order valence-electron chi connectivity index (χ4n) is 3.19. The van der Waals surface area contributed by atoms with Crippen LogP contribution in [0.3, 0.4) is 0 Å². The summed E-state index contributed by atoms with van der Waals surface area (Å²) < 4.78 is 16.8. The lowest BCUT2D eigenvalue weighted by atomic mass is 10.1. The van der Waals surface area contributed by atoms with Gasteiger partial charge in [0, 0.05) is 12.1 Å². The summed E-state index contributed by atoms with van der Waals surface area (Å²) in [5, 5.41) is 12.0. The highest BCUT2D eigenvalue weighted by Crippen LogP contribution is 2.34. The first-order chi connectivity index (χ1) is 16.3. The molecule has 0 bridgehead atoms. The van der Waals surface area contributed by atoms with Crippen molar-refractivity contribution < 1.29 is 28.6 Å². The van der Waals surface area contributed by atoms with Crippen LogP contribution in [-0.4, -0.2) is 59.7 Å². The van der Waals surface area contributed by atoms with Gasteiger partial charge >= 0.3 is 11.9 Å². The smallest absolute Gasteiger partial charge is 0.348 e. The summed E-state index contributed by atoms with van der Waals surface area (Å²) in [7, 11) is 4.08. The molecule has 0 fully saturated rings. The van der Waals surface area contributed by atoms with Crippen LogP contribution < -0.4 is 10.1 Å². The van der Waals surface area contributed by atoms with Crippen molar-refractivity contribution in [1.82, 2.24) is 14.8 Å². The minimum Gasteiger partial charge on any atom is -0.497 e. The van der Waals surface area contributed by atoms with Crippen molar-refractivity contribution in [2.24, 2.45) is 0 Å². The molecule has 3 aromatic rings. The Morgan fingerprint density at radius 3 is 2.50 bits per heavy atom. The fraction of sp³-hybridized carbons (Fsp3) is 0.318. The van der Waals surface area contributed by atoms with Crippen LogP contribution >= 0.6 is 23.1 Å². The third-order valence-corrected chi connectivity index (χ3v) is 7.01. The number of thioether (sulfide) groups is 1. The zero-order valence-electron chi connectivity index (χ0n) is 19.3. The molecule has 0 aliphatic heterocycles. The van der Waals surface area contributed by atoms with Gasteiger partial charge in [0.15, 0.2) is 11.0 Å². The lowest BCUT2D eigenvalue weighted by Crippen LogP contribution is -2.16. The molecule has 10 nitrogen and oxygen atoms in total. The number of nitrogens with zero attached hydrogens (tertiary/aromatic N) is 3. The monoisotopic (exact) mass is 504 g/mol. The van der Waals surface area contributed by atoms with E-state index in [0.717, 1.165) is 16.9 Å². The van der Waals surface area contributed by atoms with E-state index in [-0.39, 0.29) is 27.1 Å². The van der Waals surface area contributed by atoms with Crippen LogP contribution in [0.4, 0.5) is 5.00 Å². The number of methoxy groups -OCH3 is 3. The maximum atomic E-state index is 12.7. The third-order valence-electron chi connectivity index (χ3n) is 4.85. The number of benzene rings is 1. The predicted octanol–water partition coefficient (Wildman–Crippen LogP) is 3.65. The Bertz CT molecular complexity index is 1220. The van der Waals surface area contributed by atoms with Crippen LogP contribution in [0.25, 0.3) is 11.4 Å². The Balaban J connectivity index is 1.78. The van der Waals surface area contributed by atoms with Crippen LogP contribution in [-0.2, 0) is 20.8 Å². The Kier molecular flexibility index (Phi) is 8.29. The van der Waals surface area contributed by atoms with Crippen molar-refractivity contribution in [3.8, 4) is 17.1 Å². The summed E-state index contributed by atoms with van der Waals surface area (Å²) in [6, 6.07) is 7.49. The van der Waals surface area contributed by atoms with E-state index in [9.17, 15) is 14.4 Å². The van der Waals surface area contributed by atoms with E-state index in [2.05, 4.69) is 15.5 Å². The molecule has 1 N–H and O–H groups in total. The van der Waals surface area contributed by atoms with E-state index in [1.54, 1.807) is 14.0 Å². The number of aromatic nitrogens is 3. The van der Waals surface area contributed by atoms with Gasteiger partial charge in [0.25, 0.3) is 0 Å². The summed E-state index contributed by atoms with van der Waals surface area (Å²) in [6.45, 7) is 4.16. The van der Waals surface area contributed by atoms with Gasteiger partial charge in [-0.1, -0.05) is 23.9 Å². The van der Waals surface area contributed by atoms with Crippen molar-refractivity contribution in [3.05, 3.63) is 40.3 Å². The van der Waals surface area contributed by atoms with Crippen LogP contribution in [0, 0.1) is 6.92 Å². The molecular weight excluding hydrogens is 480 g/mol. The summed E-state index contributed by atoms with van der Waals surface area (Å²) in [5.41, 5.74) is 1.36. The molecule has 12 heteroatoms. The number of hydrogen-bond acceptors (Lipinski definition) is 10. The summed E-state index contributed by atoms with van der Waals surface area (Å²) in [4.78, 5) is 37.2. The van der Waals surface area contributed by atoms with Crippen molar-refractivity contribution in [2.75, 3.05) is 32.4 Å². The molecule has 0 aliphatic rings. The molecule has 0 unspecified atom stereocenters. The molecule has 0 atom stereocenters. The van der Waals surface area contributed by atoms with Gasteiger partial charge in [0.05, 0.1) is 32.6 Å². The first kappa shape index (κ1) is 25.2. The topological polar surface area (TPSA) is 122 Å². The number of carbonyl (C=O) groups is 3. The SMILES string of the molecule is CCn1c(SCC(=O)Nc2sc(C(=O)OC)c(C)c2C(=O)OC)nnc1-c1cccc(OC)c1. The summed E-state index contributed by atoms with van der Waals surface area (Å²) in [5.74, 6) is -0.239. The third kappa shape index (κ3) is 5.23. The molecule has 3 rings (SSSR count). The van der Waals surface area contributed by atoms with E-state index in [0.29, 0.717) is 28.8 Å². The molecule has 0 saturated heterocycles. The van der Waals surface area contributed by atoms with Crippen LogP contribution in [0.5, 0.6) is 5.75 Å². The minimum atomic E-state index is -0.652. The largest absolute Gasteiger partial charge is 0.497 e. The van der Waals surface area contributed by atoms with E-state index in [1.807, 2.05) is 35.8 Å². The van der Waals surface area contributed by atoms with Crippen molar-refractivity contribution >= 4 is 45.9 Å². The Labute approximate surface area is 204 Å². The minimum absolute atomic E-state index is 0.0152. The molecule has 0 spiro atoms. The van der Waals surface area contributed by atoms with Crippen molar-refractivity contribution in [2.45, 2.75) is 25.5 Å². The fourth-order valence-corrected chi connectivity index (χ4v) is 5.12.